The quantitative estimate of drug-likeness (QED) is 0.486. The van der Waals surface area contributed by atoms with Gasteiger partial charge in [-0.2, -0.15) is 0 Å². The van der Waals surface area contributed by atoms with Gasteiger partial charge in [-0.15, -0.1) is 0 Å². The van der Waals surface area contributed by atoms with Crippen molar-refractivity contribution in [2.75, 3.05) is 11.4 Å². The van der Waals surface area contributed by atoms with Gasteiger partial charge < -0.3 is 9.64 Å². The first-order valence-electron chi connectivity index (χ1n) is 11.2. The zero-order valence-electron chi connectivity index (χ0n) is 19.3. The highest BCUT2D eigenvalue weighted by atomic mass is 16.6. The van der Waals surface area contributed by atoms with E-state index in [4.69, 9.17) is 4.74 Å². The van der Waals surface area contributed by atoms with E-state index in [1.165, 1.54) is 4.90 Å². The standard InChI is InChI=1S/C27H29N3O3/c1-27(2,3)33-26(32)30(22-13-8-5-9-14-22)24-17-16-21(19-28-24)23-15-10-18-29(23)25(31)20-11-6-4-7-12-20/h4-9,11-14,16-17,19,23H,10,15,18H2,1-3H3/t23-/m1/s1. The molecule has 6 nitrogen and oxygen atoms in total. The van der Waals surface area contributed by atoms with Crippen molar-refractivity contribution in [3.8, 4) is 0 Å². The van der Waals surface area contributed by atoms with Gasteiger partial charge in [-0.1, -0.05) is 42.5 Å². The molecule has 6 heteroatoms. The van der Waals surface area contributed by atoms with Gasteiger partial charge in [-0.05, 0) is 69.5 Å². The average Bonchev–Trinajstić information content (AvgIpc) is 3.29. The highest BCUT2D eigenvalue weighted by molar-refractivity contribution is 5.95. The van der Waals surface area contributed by atoms with Crippen LogP contribution >= 0.6 is 0 Å². The zero-order chi connectivity index (χ0) is 23.4. The Balaban J connectivity index is 1.60. The van der Waals surface area contributed by atoms with Crippen LogP contribution < -0.4 is 4.90 Å². The fraction of sp³-hybridized carbons (Fsp3) is 0.296. The molecule has 2 aromatic carbocycles. The van der Waals surface area contributed by atoms with Crippen molar-refractivity contribution in [1.82, 2.24) is 9.88 Å². The maximum Gasteiger partial charge on any atom is 0.420 e. The summed E-state index contributed by atoms with van der Waals surface area (Å²) in [5.74, 6) is 0.500. The van der Waals surface area contributed by atoms with Crippen LogP contribution in [0, 0.1) is 0 Å². The van der Waals surface area contributed by atoms with Crippen LogP contribution in [0.25, 0.3) is 0 Å². The Morgan fingerprint density at radius 3 is 2.24 bits per heavy atom. The molecule has 33 heavy (non-hydrogen) atoms. The van der Waals surface area contributed by atoms with Crippen LogP contribution in [0.15, 0.2) is 79.0 Å². The van der Waals surface area contributed by atoms with Crippen molar-refractivity contribution in [3.05, 3.63) is 90.1 Å². The maximum atomic E-state index is 13.0. The van der Waals surface area contributed by atoms with Crippen LogP contribution in [0.3, 0.4) is 0 Å². The highest BCUT2D eigenvalue weighted by Gasteiger charge is 2.31. The number of para-hydroxylation sites is 1. The third-order valence-corrected chi connectivity index (χ3v) is 5.51. The minimum atomic E-state index is -0.633. The normalized spacial score (nSPS) is 15.8. The Kier molecular flexibility index (Phi) is 6.45. The number of carbonyl (C=O) groups is 2. The molecule has 170 valence electrons. The van der Waals surface area contributed by atoms with E-state index < -0.39 is 11.7 Å². The Morgan fingerprint density at radius 1 is 0.970 bits per heavy atom. The van der Waals surface area contributed by atoms with Crippen molar-refractivity contribution < 1.29 is 14.3 Å². The molecule has 2 heterocycles. The largest absolute Gasteiger partial charge is 0.443 e. The van der Waals surface area contributed by atoms with E-state index in [2.05, 4.69) is 4.98 Å². The lowest BCUT2D eigenvalue weighted by atomic mass is 10.1. The lowest BCUT2D eigenvalue weighted by Gasteiger charge is -2.28. The van der Waals surface area contributed by atoms with Crippen molar-refractivity contribution in [2.45, 2.75) is 45.3 Å². The fourth-order valence-corrected chi connectivity index (χ4v) is 4.05. The molecule has 3 aromatic rings. The number of carbonyl (C=O) groups excluding carboxylic acids is 2. The summed E-state index contributed by atoms with van der Waals surface area (Å²) in [7, 11) is 0. The molecule has 0 unspecified atom stereocenters. The molecular formula is C27H29N3O3. The molecule has 1 aliphatic heterocycles. The number of aromatic nitrogens is 1. The van der Waals surface area contributed by atoms with Gasteiger partial charge in [0.2, 0.25) is 0 Å². The van der Waals surface area contributed by atoms with E-state index in [1.54, 1.807) is 6.20 Å². The predicted molar refractivity (Wildman–Crippen MR) is 129 cm³/mol. The summed E-state index contributed by atoms with van der Waals surface area (Å²) in [6.07, 6.45) is 3.10. The number of nitrogens with zero attached hydrogens (tertiary/aromatic N) is 3. The molecule has 4 rings (SSSR count). The Labute approximate surface area is 194 Å². The SMILES string of the molecule is CC(C)(C)OC(=O)N(c1ccccc1)c1ccc([C@H]2CCCN2C(=O)c2ccccc2)cn1. The van der Waals surface area contributed by atoms with Gasteiger partial charge in [0, 0.05) is 18.3 Å². The van der Waals surface area contributed by atoms with Gasteiger partial charge in [0.1, 0.15) is 11.4 Å². The molecule has 2 amide bonds. The molecule has 1 aromatic heterocycles. The number of rotatable bonds is 4. The van der Waals surface area contributed by atoms with Crippen molar-refractivity contribution >= 4 is 23.5 Å². The van der Waals surface area contributed by atoms with Gasteiger partial charge in [0.15, 0.2) is 0 Å². The molecule has 1 saturated heterocycles. The smallest absolute Gasteiger partial charge is 0.420 e. The highest BCUT2D eigenvalue weighted by Crippen LogP contribution is 2.34. The summed E-state index contributed by atoms with van der Waals surface area (Å²) in [6.45, 7) is 6.23. The Bertz CT molecular complexity index is 1090. The molecule has 0 aliphatic carbocycles. The van der Waals surface area contributed by atoms with E-state index in [-0.39, 0.29) is 11.9 Å². The van der Waals surface area contributed by atoms with E-state index in [9.17, 15) is 9.59 Å². The Hall–Kier alpha value is -3.67. The number of hydrogen-bond donors (Lipinski definition) is 0. The van der Waals surface area contributed by atoms with Gasteiger partial charge in [0.05, 0.1) is 11.7 Å². The lowest BCUT2D eigenvalue weighted by molar-refractivity contribution is 0.0597. The van der Waals surface area contributed by atoms with E-state index in [0.717, 1.165) is 18.4 Å². The molecule has 1 aliphatic rings. The van der Waals surface area contributed by atoms with Crippen LogP contribution in [0.4, 0.5) is 16.3 Å². The van der Waals surface area contributed by atoms with Crippen molar-refractivity contribution in [3.63, 3.8) is 0 Å². The number of hydrogen-bond acceptors (Lipinski definition) is 4. The third kappa shape index (κ3) is 5.22. The maximum absolute atomic E-state index is 13.0. The molecular weight excluding hydrogens is 414 g/mol. The summed E-state index contributed by atoms with van der Waals surface area (Å²) in [6, 6.07) is 22.4. The van der Waals surface area contributed by atoms with Crippen LogP contribution in [0.5, 0.6) is 0 Å². The zero-order valence-corrected chi connectivity index (χ0v) is 19.3. The van der Waals surface area contributed by atoms with Crippen molar-refractivity contribution in [2.24, 2.45) is 0 Å². The molecule has 0 radical (unpaired) electrons. The molecule has 0 N–H and O–H groups in total. The monoisotopic (exact) mass is 443 g/mol. The molecule has 1 fully saturated rings. The molecule has 0 spiro atoms. The van der Waals surface area contributed by atoms with Crippen LogP contribution in [0.1, 0.15) is 55.6 Å². The van der Waals surface area contributed by atoms with Crippen molar-refractivity contribution in [1.29, 1.82) is 0 Å². The minimum absolute atomic E-state index is 0.0295. The number of likely N-dealkylation sites (tertiary alicyclic amines) is 1. The lowest BCUT2D eigenvalue weighted by Crippen LogP contribution is -2.34. The van der Waals surface area contributed by atoms with Crippen LogP contribution in [-0.4, -0.2) is 34.0 Å². The number of anilines is 2. The Morgan fingerprint density at radius 2 is 1.64 bits per heavy atom. The second-order valence-corrected chi connectivity index (χ2v) is 9.12. The minimum Gasteiger partial charge on any atom is -0.443 e. The third-order valence-electron chi connectivity index (χ3n) is 5.51. The second kappa shape index (κ2) is 9.45. The fourth-order valence-electron chi connectivity index (χ4n) is 4.05. The summed E-state index contributed by atoms with van der Waals surface area (Å²) in [5, 5.41) is 0. The molecule has 0 bridgehead atoms. The average molecular weight is 444 g/mol. The number of benzene rings is 2. The topological polar surface area (TPSA) is 62.7 Å². The van der Waals surface area contributed by atoms with E-state index in [0.29, 0.717) is 23.6 Å². The first kappa shape index (κ1) is 22.5. The van der Waals surface area contributed by atoms with Crippen LogP contribution in [-0.2, 0) is 4.74 Å². The van der Waals surface area contributed by atoms with E-state index >= 15 is 0 Å². The predicted octanol–water partition coefficient (Wildman–Crippen LogP) is 6.13. The summed E-state index contributed by atoms with van der Waals surface area (Å²) in [4.78, 5) is 34.0. The van der Waals surface area contributed by atoms with Crippen LogP contribution in [0.2, 0.25) is 0 Å². The van der Waals surface area contributed by atoms with Gasteiger partial charge in [-0.3, -0.25) is 4.79 Å². The number of amides is 2. The summed E-state index contributed by atoms with van der Waals surface area (Å²) >= 11 is 0. The number of pyridine rings is 1. The first-order chi connectivity index (χ1) is 15.8. The van der Waals surface area contributed by atoms with E-state index in [1.807, 2.05) is 98.5 Å². The molecule has 0 saturated carbocycles. The number of ether oxygens (including phenoxy) is 1. The molecule has 1 atom stereocenters. The van der Waals surface area contributed by atoms with Gasteiger partial charge in [0.25, 0.3) is 5.91 Å². The second-order valence-electron chi connectivity index (χ2n) is 9.12. The summed E-state index contributed by atoms with van der Waals surface area (Å²) in [5.41, 5.74) is 1.69. The first-order valence-corrected chi connectivity index (χ1v) is 11.2. The summed E-state index contributed by atoms with van der Waals surface area (Å²) < 4.78 is 5.63. The van der Waals surface area contributed by atoms with Gasteiger partial charge >= 0.3 is 6.09 Å². The van der Waals surface area contributed by atoms with Gasteiger partial charge in [-0.25, -0.2) is 14.7 Å².